The van der Waals surface area contributed by atoms with E-state index < -0.39 is 5.97 Å². The molecule has 0 aliphatic heterocycles. The fourth-order valence-corrected chi connectivity index (χ4v) is 2.11. The van der Waals surface area contributed by atoms with Gasteiger partial charge in [0, 0.05) is 18.9 Å². The fraction of sp³-hybridized carbons (Fsp3) is 0.538. The van der Waals surface area contributed by atoms with Crippen LogP contribution in [0.15, 0.2) is 18.5 Å². The molecule has 1 aliphatic carbocycles. The van der Waals surface area contributed by atoms with Gasteiger partial charge in [-0.2, -0.15) is 0 Å². The van der Waals surface area contributed by atoms with Gasteiger partial charge in [0.1, 0.15) is 5.56 Å². The Labute approximate surface area is 101 Å². The second-order valence-electron chi connectivity index (χ2n) is 5.10. The van der Waals surface area contributed by atoms with Crippen molar-refractivity contribution in [2.75, 3.05) is 11.9 Å². The Morgan fingerprint density at radius 2 is 2.29 bits per heavy atom. The SMILES string of the molecule is CC(C)C1(CNc2ccncc2C(=O)O)CC1. The van der Waals surface area contributed by atoms with Gasteiger partial charge in [0.15, 0.2) is 0 Å². The lowest BCUT2D eigenvalue weighted by Crippen LogP contribution is -2.21. The number of nitrogens with zero attached hydrogens (tertiary/aromatic N) is 1. The number of carboxylic acid groups (broad SMARTS) is 1. The van der Waals surface area contributed by atoms with E-state index in [-0.39, 0.29) is 5.56 Å². The van der Waals surface area contributed by atoms with Crippen LogP contribution >= 0.6 is 0 Å². The number of hydrogen-bond donors (Lipinski definition) is 2. The van der Waals surface area contributed by atoms with Crippen molar-refractivity contribution in [1.82, 2.24) is 4.98 Å². The topological polar surface area (TPSA) is 62.2 Å². The molecular formula is C13H18N2O2. The van der Waals surface area contributed by atoms with Gasteiger partial charge in [-0.15, -0.1) is 0 Å². The fourth-order valence-electron chi connectivity index (χ4n) is 2.11. The molecule has 1 aromatic rings. The first-order chi connectivity index (χ1) is 8.05. The summed E-state index contributed by atoms with van der Waals surface area (Å²) in [6.07, 6.45) is 5.46. The predicted molar refractivity (Wildman–Crippen MR) is 66.2 cm³/mol. The maximum absolute atomic E-state index is 11.0. The maximum atomic E-state index is 11.0. The Hall–Kier alpha value is -1.58. The Morgan fingerprint density at radius 3 is 2.82 bits per heavy atom. The van der Waals surface area contributed by atoms with Crippen molar-refractivity contribution in [1.29, 1.82) is 0 Å². The van der Waals surface area contributed by atoms with Gasteiger partial charge < -0.3 is 10.4 Å². The van der Waals surface area contributed by atoms with Crippen LogP contribution in [-0.2, 0) is 0 Å². The van der Waals surface area contributed by atoms with Crippen LogP contribution in [0.4, 0.5) is 5.69 Å². The third kappa shape index (κ3) is 2.40. The number of carboxylic acids is 1. The van der Waals surface area contributed by atoms with E-state index in [4.69, 9.17) is 5.11 Å². The highest BCUT2D eigenvalue weighted by atomic mass is 16.4. The highest BCUT2D eigenvalue weighted by Crippen LogP contribution is 2.51. The molecule has 1 aliphatic rings. The summed E-state index contributed by atoms with van der Waals surface area (Å²) in [6.45, 7) is 5.29. The summed E-state index contributed by atoms with van der Waals surface area (Å²) < 4.78 is 0. The number of aromatic carboxylic acids is 1. The highest BCUT2D eigenvalue weighted by Gasteiger charge is 2.44. The molecule has 4 nitrogen and oxygen atoms in total. The monoisotopic (exact) mass is 234 g/mol. The average molecular weight is 234 g/mol. The molecule has 0 aromatic carbocycles. The lowest BCUT2D eigenvalue weighted by molar-refractivity contribution is 0.0697. The molecule has 4 heteroatoms. The first kappa shape index (κ1) is 11.9. The van der Waals surface area contributed by atoms with Crippen LogP contribution in [0.25, 0.3) is 0 Å². The zero-order valence-electron chi connectivity index (χ0n) is 10.2. The molecule has 0 bridgehead atoms. The van der Waals surface area contributed by atoms with E-state index in [0.29, 0.717) is 17.0 Å². The van der Waals surface area contributed by atoms with Gasteiger partial charge in [-0.05, 0) is 30.2 Å². The quantitative estimate of drug-likeness (QED) is 0.822. The highest BCUT2D eigenvalue weighted by molar-refractivity contribution is 5.93. The number of carbonyl (C=O) groups is 1. The van der Waals surface area contributed by atoms with Crippen LogP contribution in [0.2, 0.25) is 0 Å². The number of pyridine rings is 1. The largest absolute Gasteiger partial charge is 0.478 e. The van der Waals surface area contributed by atoms with Crippen LogP contribution in [0.5, 0.6) is 0 Å². The first-order valence-corrected chi connectivity index (χ1v) is 5.96. The van der Waals surface area contributed by atoms with Gasteiger partial charge in [-0.1, -0.05) is 13.8 Å². The van der Waals surface area contributed by atoms with E-state index in [2.05, 4.69) is 24.1 Å². The summed E-state index contributed by atoms with van der Waals surface area (Å²) in [4.78, 5) is 14.9. The Balaban J connectivity index is 2.07. The van der Waals surface area contributed by atoms with Gasteiger partial charge in [0.05, 0.1) is 5.69 Å². The van der Waals surface area contributed by atoms with Gasteiger partial charge in [-0.3, -0.25) is 4.98 Å². The number of anilines is 1. The molecule has 1 aromatic heterocycles. The van der Waals surface area contributed by atoms with Crippen LogP contribution in [0, 0.1) is 11.3 Å². The molecule has 1 heterocycles. The standard InChI is InChI=1S/C13H18N2O2/c1-9(2)13(4-5-13)8-15-11-3-6-14-7-10(11)12(16)17/h3,6-7,9H,4-5,8H2,1-2H3,(H,14,15)(H,16,17). The van der Waals surface area contributed by atoms with Crippen LogP contribution < -0.4 is 5.32 Å². The molecule has 2 N–H and O–H groups in total. The third-order valence-corrected chi connectivity index (χ3v) is 3.80. The van der Waals surface area contributed by atoms with Crippen LogP contribution in [0.1, 0.15) is 37.0 Å². The number of nitrogens with one attached hydrogen (secondary N) is 1. The van der Waals surface area contributed by atoms with Gasteiger partial charge in [-0.25, -0.2) is 4.79 Å². The van der Waals surface area contributed by atoms with Crippen molar-refractivity contribution >= 4 is 11.7 Å². The average Bonchev–Trinajstić information content (AvgIpc) is 3.07. The van der Waals surface area contributed by atoms with E-state index in [1.807, 2.05) is 0 Å². The third-order valence-electron chi connectivity index (χ3n) is 3.80. The zero-order chi connectivity index (χ0) is 12.5. The molecule has 17 heavy (non-hydrogen) atoms. The maximum Gasteiger partial charge on any atom is 0.339 e. The minimum Gasteiger partial charge on any atom is -0.478 e. The molecule has 0 unspecified atom stereocenters. The van der Waals surface area contributed by atoms with Crippen molar-refractivity contribution in [3.63, 3.8) is 0 Å². The molecule has 92 valence electrons. The Morgan fingerprint density at radius 1 is 1.59 bits per heavy atom. The van der Waals surface area contributed by atoms with Crippen molar-refractivity contribution in [2.45, 2.75) is 26.7 Å². The van der Waals surface area contributed by atoms with E-state index in [0.717, 1.165) is 6.54 Å². The minimum absolute atomic E-state index is 0.243. The molecule has 1 fully saturated rings. The molecule has 2 rings (SSSR count). The summed E-state index contributed by atoms with van der Waals surface area (Å²) >= 11 is 0. The van der Waals surface area contributed by atoms with Crippen molar-refractivity contribution < 1.29 is 9.90 Å². The molecule has 0 saturated heterocycles. The molecular weight excluding hydrogens is 216 g/mol. The summed E-state index contributed by atoms with van der Waals surface area (Å²) in [5.74, 6) is -0.305. The second kappa shape index (κ2) is 4.35. The van der Waals surface area contributed by atoms with Crippen molar-refractivity contribution in [2.24, 2.45) is 11.3 Å². The van der Waals surface area contributed by atoms with E-state index >= 15 is 0 Å². The normalized spacial score (nSPS) is 16.9. The number of hydrogen-bond acceptors (Lipinski definition) is 3. The van der Waals surface area contributed by atoms with E-state index in [9.17, 15) is 4.79 Å². The smallest absolute Gasteiger partial charge is 0.339 e. The summed E-state index contributed by atoms with van der Waals surface area (Å²) in [6, 6.07) is 1.72. The van der Waals surface area contributed by atoms with Crippen molar-refractivity contribution in [3.05, 3.63) is 24.0 Å². The molecule has 0 radical (unpaired) electrons. The van der Waals surface area contributed by atoms with Crippen LogP contribution in [0.3, 0.4) is 0 Å². The lowest BCUT2D eigenvalue weighted by atomic mass is 9.92. The predicted octanol–water partition coefficient (Wildman–Crippen LogP) is 2.63. The lowest BCUT2D eigenvalue weighted by Gasteiger charge is -2.21. The molecule has 0 spiro atoms. The first-order valence-electron chi connectivity index (χ1n) is 5.96. The summed E-state index contributed by atoms with van der Waals surface area (Å²) in [5, 5.41) is 12.3. The number of aromatic nitrogens is 1. The molecule has 0 atom stereocenters. The van der Waals surface area contributed by atoms with Crippen LogP contribution in [-0.4, -0.2) is 22.6 Å². The summed E-state index contributed by atoms with van der Waals surface area (Å²) in [7, 11) is 0. The molecule has 1 saturated carbocycles. The number of rotatable bonds is 5. The second-order valence-corrected chi connectivity index (χ2v) is 5.10. The van der Waals surface area contributed by atoms with Gasteiger partial charge in [0.2, 0.25) is 0 Å². The van der Waals surface area contributed by atoms with E-state index in [1.165, 1.54) is 19.0 Å². The molecule has 0 amide bonds. The minimum atomic E-state index is -0.935. The van der Waals surface area contributed by atoms with Crippen molar-refractivity contribution in [3.8, 4) is 0 Å². The zero-order valence-corrected chi connectivity index (χ0v) is 10.2. The summed E-state index contributed by atoms with van der Waals surface area (Å²) in [5.41, 5.74) is 1.27. The Kier molecular flexibility index (Phi) is 3.05. The van der Waals surface area contributed by atoms with E-state index in [1.54, 1.807) is 12.3 Å². The van der Waals surface area contributed by atoms with Gasteiger partial charge in [0.25, 0.3) is 0 Å². The van der Waals surface area contributed by atoms with Gasteiger partial charge >= 0.3 is 5.97 Å². The Bertz CT molecular complexity index is 425.